The van der Waals surface area contributed by atoms with Crippen LogP contribution in [0.2, 0.25) is 0 Å². The molecular formula is C20H30O2. The third-order valence-corrected chi connectivity index (χ3v) is 5.23. The first-order valence-electron chi connectivity index (χ1n) is 8.50. The van der Waals surface area contributed by atoms with Gasteiger partial charge in [0.25, 0.3) is 0 Å². The van der Waals surface area contributed by atoms with Crippen molar-refractivity contribution in [2.45, 2.75) is 77.9 Å². The van der Waals surface area contributed by atoms with Crippen molar-refractivity contribution in [2.75, 3.05) is 0 Å². The van der Waals surface area contributed by atoms with Gasteiger partial charge >= 0.3 is 0 Å². The smallest absolute Gasteiger partial charge is 0.158 e. The number of ketones is 1. The summed E-state index contributed by atoms with van der Waals surface area (Å²) in [5.41, 5.74) is 3.41. The van der Waals surface area contributed by atoms with Crippen LogP contribution in [0.3, 0.4) is 0 Å². The van der Waals surface area contributed by atoms with Crippen LogP contribution in [0.15, 0.2) is 35.5 Å². The molecule has 1 aliphatic carbocycles. The summed E-state index contributed by atoms with van der Waals surface area (Å²) in [6.07, 6.45) is 10.3. The van der Waals surface area contributed by atoms with Gasteiger partial charge in [-0.25, -0.2) is 0 Å². The monoisotopic (exact) mass is 302 g/mol. The molecular weight excluding hydrogens is 272 g/mol. The first-order valence-corrected chi connectivity index (χ1v) is 8.50. The van der Waals surface area contributed by atoms with Crippen LogP contribution in [0, 0.1) is 5.92 Å². The van der Waals surface area contributed by atoms with Gasteiger partial charge in [-0.2, -0.15) is 0 Å². The molecule has 0 saturated carbocycles. The highest BCUT2D eigenvalue weighted by molar-refractivity contribution is 5.95. The largest absolute Gasteiger partial charge is 0.366 e. The SMILES string of the molecule is C=C(C)[C@@H]1CC(=O)/C(C)=C/CC/C(C)=C/CC[C@]2(C)O[C@H]2C1. The molecule has 0 aromatic rings. The Morgan fingerprint density at radius 2 is 2.05 bits per heavy atom. The van der Waals surface area contributed by atoms with Gasteiger partial charge in [0.1, 0.15) is 0 Å². The molecule has 0 unspecified atom stereocenters. The van der Waals surface area contributed by atoms with Gasteiger partial charge in [0.15, 0.2) is 5.78 Å². The molecule has 2 nitrogen and oxygen atoms in total. The highest BCUT2D eigenvalue weighted by Crippen LogP contribution is 2.45. The van der Waals surface area contributed by atoms with E-state index in [4.69, 9.17) is 4.74 Å². The summed E-state index contributed by atoms with van der Waals surface area (Å²) in [5, 5.41) is 0. The second-order valence-electron chi connectivity index (χ2n) is 7.34. The first kappa shape index (κ1) is 17.2. The van der Waals surface area contributed by atoms with Crippen LogP contribution in [0.5, 0.6) is 0 Å². The Labute approximate surface area is 135 Å². The van der Waals surface area contributed by atoms with Crippen molar-refractivity contribution in [1.29, 1.82) is 0 Å². The minimum absolute atomic E-state index is 0.00251. The fourth-order valence-corrected chi connectivity index (χ4v) is 3.25. The number of hydrogen-bond acceptors (Lipinski definition) is 2. The molecule has 1 fully saturated rings. The van der Waals surface area contributed by atoms with E-state index in [1.807, 2.05) is 13.8 Å². The quantitative estimate of drug-likeness (QED) is 0.495. The molecule has 0 bridgehead atoms. The van der Waals surface area contributed by atoms with E-state index in [1.54, 1.807) is 0 Å². The van der Waals surface area contributed by atoms with Crippen molar-refractivity contribution in [3.8, 4) is 0 Å². The van der Waals surface area contributed by atoms with Crippen molar-refractivity contribution < 1.29 is 9.53 Å². The molecule has 0 radical (unpaired) electrons. The van der Waals surface area contributed by atoms with Crippen LogP contribution in [-0.4, -0.2) is 17.5 Å². The third-order valence-electron chi connectivity index (χ3n) is 5.23. The lowest BCUT2D eigenvalue weighted by atomic mass is 9.85. The first-order chi connectivity index (χ1) is 10.3. The standard InChI is InChI=1S/C20H30O2/c1-14(2)17-12-18(21)16(4)10-6-8-15(3)9-7-11-20(5)19(13-17)22-20/h9-10,17,19H,1,6-8,11-13H2,2-5H3/b15-9+,16-10+/t17-,19+,20+/m1/s1. The Hall–Kier alpha value is -1.15. The van der Waals surface area contributed by atoms with Crippen molar-refractivity contribution in [2.24, 2.45) is 5.92 Å². The van der Waals surface area contributed by atoms with E-state index in [0.717, 1.165) is 43.3 Å². The maximum absolute atomic E-state index is 12.4. The van der Waals surface area contributed by atoms with Crippen molar-refractivity contribution in [1.82, 2.24) is 0 Å². The zero-order chi connectivity index (χ0) is 16.3. The number of rotatable bonds is 1. The maximum Gasteiger partial charge on any atom is 0.158 e. The summed E-state index contributed by atoms with van der Waals surface area (Å²) < 4.78 is 5.96. The van der Waals surface area contributed by atoms with E-state index in [1.165, 1.54) is 5.57 Å². The molecule has 0 amide bonds. The van der Waals surface area contributed by atoms with E-state index in [2.05, 4.69) is 32.6 Å². The van der Waals surface area contributed by atoms with Crippen molar-refractivity contribution >= 4 is 5.78 Å². The molecule has 0 aromatic carbocycles. The van der Waals surface area contributed by atoms with Gasteiger partial charge in [-0.05, 0) is 71.3 Å². The number of epoxide rings is 1. The van der Waals surface area contributed by atoms with Gasteiger partial charge in [-0.15, -0.1) is 0 Å². The number of hydrogen-bond donors (Lipinski definition) is 0. The van der Waals surface area contributed by atoms with Crippen LogP contribution in [0.4, 0.5) is 0 Å². The third kappa shape index (κ3) is 4.42. The zero-order valence-electron chi connectivity index (χ0n) is 14.6. The van der Waals surface area contributed by atoms with Crippen LogP contribution in [0.1, 0.15) is 66.2 Å². The molecule has 2 rings (SSSR count). The lowest BCUT2D eigenvalue weighted by Gasteiger charge is -2.17. The number of fused-ring (bicyclic) bond motifs is 1. The average Bonchev–Trinajstić information content (AvgIpc) is 3.07. The molecule has 1 heterocycles. The predicted octanol–water partition coefficient (Wildman–Crippen LogP) is 5.15. The van der Waals surface area contributed by atoms with Crippen molar-refractivity contribution in [3.05, 3.63) is 35.5 Å². The van der Waals surface area contributed by atoms with Crippen molar-refractivity contribution in [3.63, 3.8) is 0 Å². The second kappa shape index (κ2) is 6.95. The number of ether oxygens (including phenoxy) is 1. The van der Waals surface area contributed by atoms with Gasteiger partial charge in [-0.3, -0.25) is 4.79 Å². The Kier molecular flexibility index (Phi) is 5.44. The summed E-state index contributed by atoms with van der Waals surface area (Å²) in [6, 6.07) is 0. The molecule has 2 heteroatoms. The highest BCUT2D eigenvalue weighted by atomic mass is 16.6. The normalized spacial score (nSPS) is 38.8. The van der Waals surface area contributed by atoms with E-state index in [0.29, 0.717) is 6.42 Å². The molecule has 3 atom stereocenters. The van der Waals surface area contributed by atoms with Crippen LogP contribution in [0.25, 0.3) is 0 Å². The molecule has 0 aromatic heterocycles. The molecule has 2 aliphatic rings. The van der Waals surface area contributed by atoms with Gasteiger partial charge in [0.05, 0.1) is 11.7 Å². The summed E-state index contributed by atoms with van der Waals surface area (Å²) in [5.74, 6) is 0.497. The van der Waals surface area contributed by atoms with E-state index in [-0.39, 0.29) is 23.4 Å². The van der Waals surface area contributed by atoms with Crippen LogP contribution in [-0.2, 0) is 9.53 Å². The summed E-state index contributed by atoms with van der Waals surface area (Å²) >= 11 is 0. The Morgan fingerprint density at radius 3 is 2.73 bits per heavy atom. The molecule has 1 aliphatic heterocycles. The fraction of sp³-hybridized carbons (Fsp3) is 0.650. The van der Waals surface area contributed by atoms with Gasteiger partial charge in [0, 0.05) is 6.42 Å². The maximum atomic E-state index is 12.4. The summed E-state index contributed by atoms with van der Waals surface area (Å²) in [7, 11) is 0. The minimum Gasteiger partial charge on any atom is -0.366 e. The van der Waals surface area contributed by atoms with Gasteiger partial charge in [0.2, 0.25) is 0 Å². The Morgan fingerprint density at radius 1 is 1.32 bits per heavy atom. The molecule has 1 saturated heterocycles. The predicted molar refractivity (Wildman–Crippen MR) is 91.8 cm³/mol. The summed E-state index contributed by atoms with van der Waals surface area (Å²) in [4.78, 5) is 12.4. The van der Waals surface area contributed by atoms with Crippen LogP contribution >= 0.6 is 0 Å². The molecule has 0 N–H and O–H groups in total. The van der Waals surface area contributed by atoms with Gasteiger partial charge < -0.3 is 4.74 Å². The van der Waals surface area contributed by atoms with Crippen LogP contribution < -0.4 is 0 Å². The second-order valence-corrected chi connectivity index (χ2v) is 7.34. The van der Waals surface area contributed by atoms with E-state index >= 15 is 0 Å². The topological polar surface area (TPSA) is 29.6 Å². The zero-order valence-corrected chi connectivity index (χ0v) is 14.6. The molecule has 0 spiro atoms. The number of Topliss-reactive ketones (excluding diaryl/α,β-unsaturated/α-hetero) is 1. The van der Waals surface area contributed by atoms with Gasteiger partial charge in [-0.1, -0.05) is 29.9 Å². The number of allylic oxidation sites excluding steroid dienone is 5. The minimum atomic E-state index is 0.00251. The Bertz CT molecular complexity index is 512. The Balaban J connectivity index is 2.14. The van der Waals surface area contributed by atoms with E-state index in [9.17, 15) is 4.79 Å². The number of carbonyl (C=O) groups is 1. The lowest BCUT2D eigenvalue weighted by Crippen LogP contribution is -2.17. The number of carbonyl (C=O) groups excluding carboxylic acids is 1. The fourth-order valence-electron chi connectivity index (χ4n) is 3.25. The average molecular weight is 302 g/mol. The van der Waals surface area contributed by atoms with E-state index < -0.39 is 0 Å². The lowest BCUT2D eigenvalue weighted by molar-refractivity contribution is -0.116. The summed E-state index contributed by atoms with van der Waals surface area (Å²) in [6.45, 7) is 12.5. The highest BCUT2D eigenvalue weighted by Gasteiger charge is 2.51. The molecule has 122 valence electrons. The molecule has 22 heavy (non-hydrogen) atoms.